The van der Waals surface area contributed by atoms with Gasteiger partial charge in [-0.1, -0.05) is 30.3 Å². The van der Waals surface area contributed by atoms with Gasteiger partial charge in [-0.2, -0.15) is 0 Å². The Bertz CT molecular complexity index is 301. The summed E-state index contributed by atoms with van der Waals surface area (Å²) in [6.07, 6.45) is -0.128. The van der Waals surface area contributed by atoms with Crippen molar-refractivity contribution < 1.29 is 9.53 Å². The van der Waals surface area contributed by atoms with Crippen molar-refractivity contribution in [2.24, 2.45) is 5.73 Å². The molecule has 0 saturated heterocycles. The van der Waals surface area contributed by atoms with Crippen LogP contribution in [0, 0.1) is 0 Å². The SMILES string of the molecule is CC(C)OC(=O)C(N)c1ccccc1.Cl. The second-order valence-corrected chi connectivity index (χ2v) is 3.37. The van der Waals surface area contributed by atoms with E-state index in [-0.39, 0.29) is 24.5 Å². The van der Waals surface area contributed by atoms with Crippen LogP contribution >= 0.6 is 12.4 Å². The molecule has 1 atom stereocenters. The Hall–Kier alpha value is -1.06. The minimum atomic E-state index is -0.682. The van der Waals surface area contributed by atoms with Gasteiger partial charge >= 0.3 is 5.97 Å². The van der Waals surface area contributed by atoms with Crippen molar-refractivity contribution in [2.75, 3.05) is 0 Å². The summed E-state index contributed by atoms with van der Waals surface area (Å²) < 4.78 is 5.00. The van der Waals surface area contributed by atoms with Gasteiger partial charge in [0.2, 0.25) is 0 Å². The molecule has 1 unspecified atom stereocenters. The first kappa shape index (κ1) is 13.9. The molecule has 0 bridgehead atoms. The molecule has 15 heavy (non-hydrogen) atoms. The number of benzene rings is 1. The topological polar surface area (TPSA) is 52.3 Å². The van der Waals surface area contributed by atoms with Gasteiger partial charge in [-0.3, -0.25) is 0 Å². The van der Waals surface area contributed by atoms with E-state index in [1.54, 1.807) is 13.8 Å². The van der Waals surface area contributed by atoms with Gasteiger partial charge in [0.15, 0.2) is 0 Å². The summed E-state index contributed by atoms with van der Waals surface area (Å²) >= 11 is 0. The standard InChI is InChI=1S/C11H15NO2.ClH/c1-8(2)14-11(13)10(12)9-6-4-3-5-7-9;/h3-8,10H,12H2,1-2H3;1H. The normalized spacial score (nSPS) is 11.7. The Labute approximate surface area is 96.0 Å². The maximum Gasteiger partial charge on any atom is 0.327 e. The summed E-state index contributed by atoms with van der Waals surface area (Å²) in [6.45, 7) is 3.60. The number of hydrogen-bond acceptors (Lipinski definition) is 3. The average Bonchev–Trinajstić information content (AvgIpc) is 2.17. The van der Waals surface area contributed by atoms with Crippen molar-refractivity contribution in [3.05, 3.63) is 35.9 Å². The number of carbonyl (C=O) groups excluding carboxylic acids is 1. The van der Waals surface area contributed by atoms with Gasteiger partial charge < -0.3 is 10.5 Å². The molecule has 0 fully saturated rings. The molecule has 3 nitrogen and oxygen atoms in total. The van der Waals surface area contributed by atoms with Crippen LogP contribution in [0.5, 0.6) is 0 Å². The van der Waals surface area contributed by atoms with Crippen molar-refractivity contribution in [3.63, 3.8) is 0 Å². The predicted molar refractivity (Wildman–Crippen MR) is 61.8 cm³/mol. The van der Waals surface area contributed by atoms with Crippen LogP contribution in [0.2, 0.25) is 0 Å². The van der Waals surface area contributed by atoms with Crippen LogP contribution < -0.4 is 5.73 Å². The smallest absolute Gasteiger partial charge is 0.327 e. The lowest BCUT2D eigenvalue weighted by molar-refractivity contribution is -0.149. The molecule has 0 spiro atoms. The van der Waals surface area contributed by atoms with Crippen LogP contribution in [-0.4, -0.2) is 12.1 Å². The summed E-state index contributed by atoms with van der Waals surface area (Å²) in [5, 5.41) is 0. The predicted octanol–water partition coefficient (Wildman–Crippen LogP) is 2.06. The first-order valence-electron chi connectivity index (χ1n) is 4.62. The number of carbonyl (C=O) groups is 1. The first-order chi connectivity index (χ1) is 6.61. The molecule has 0 aliphatic rings. The molecular weight excluding hydrogens is 214 g/mol. The Morgan fingerprint density at radius 2 is 1.80 bits per heavy atom. The van der Waals surface area contributed by atoms with E-state index in [9.17, 15) is 4.79 Å². The first-order valence-corrected chi connectivity index (χ1v) is 4.62. The second-order valence-electron chi connectivity index (χ2n) is 3.37. The third kappa shape index (κ3) is 4.32. The molecule has 0 amide bonds. The summed E-state index contributed by atoms with van der Waals surface area (Å²) in [6, 6.07) is 8.51. The highest BCUT2D eigenvalue weighted by atomic mass is 35.5. The van der Waals surface area contributed by atoms with Gasteiger partial charge in [-0.05, 0) is 19.4 Å². The molecule has 4 heteroatoms. The maximum atomic E-state index is 11.4. The van der Waals surface area contributed by atoms with Crippen molar-refractivity contribution in [1.29, 1.82) is 0 Å². The second kappa shape index (κ2) is 6.43. The zero-order valence-electron chi connectivity index (χ0n) is 8.84. The van der Waals surface area contributed by atoms with E-state index in [0.717, 1.165) is 5.56 Å². The average molecular weight is 230 g/mol. The van der Waals surface area contributed by atoms with Crippen molar-refractivity contribution in [2.45, 2.75) is 26.0 Å². The van der Waals surface area contributed by atoms with Gasteiger partial charge in [0.25, 0.3) is 0 Å². The highest BCUT2D eigenvalue weighted by Crippen LogP contribution is 2.11. The number of halogens is 1. The fourth-order valence-corrected chi connectivity index (χ4v) is 1.10. The Kier molecular flexibility index (Phi) is 5.97. The van der Waals surface area contributed by atoms with Crippen LogP contribution in [0.25, 0.3) is 0 Å². The van der Waals surface area contributed by atoms with Gasteiger partial charge in [0.1, 0.15) is 6.04 Å². The summed E-state index contributed by atoms with van der Waals surface area (Å²) in [5.41, 5.74) is 6.49. The Morgan fingerprint density at radius 1 is 1.27 bits per heavy atom. The van der Waals surface area contributed by atoms with Crippen LogP contribution in [0.4, 0.5) is 0 Å². The van der Waals surface area contributed by atoms with Gasteiger partial charge in [0, 0.05) is 0 Å². The van der Waals surface area contributed by atoms with Crippen molar-refractivity contribution >= 4 is 18.4 Å². The van der Waals surface area contributed by atoms with Crippen molar-refractivity contribution in [1.82, 2.24) is 0 Å². The van der Waals surface area contributed by atoms with Gasteiger partial charge in [0.05, 0.1) is 6.10 Å². The molecule has 1 aromatic rings. The van der Waals surface area contributed by atoms with Crippen LogP contribution in [0.3, 0.4) is 0 Å². The fourth-order valence-electron chi connectivity index (χ4n) is 1.10. The Morgan fingerprint density at radius 3 is 2.27 bits per heavy atom. The third-order valence-corrected chi connectivity index (χ3v) is 1.76. The van der Waals surface area contributed by atoms with E-state index in [0.29, 0.717) is 0 Å². The number of esters is 1. The van der Waals surface area contributed by atoms with E-state index >= 15 is 0 Å². The monoisotopic (exact) mass is 229 g/mol. The summed E-state index contributed by atoms with van der Waals surface area (Å²) in [4.78, 5) is 11.4. The molecule has 2 N–H and O–H groups in total. The molecule has 0 aromatic heterocycles. The zero-order valence-corrected chi connectivity index (χ0v) is 9.66. The minimum absolute atomic E-state index is 0. The molecule has 0 aliphatic heterocycles. The number of rotatable bonds is 3. The molecule has 0 heterocycles. The molecule has 0 saturated carbocycles. The van der Waals surface area contributed by atoms with Crippen LogP contribution in [0.1, 0.15) is 25.5 Å². The number of nitrogens with two attached hydrogens (primary N) is 1. The highest BCUT2D eigenvalue weighted by Gasteiger charge is 2.17. The molecular formula is C11H16ClNO2. The quantitative estimate of drug-likeness (QED) is 0.808. The maximum absolute atomic E-state index is 11.4. The Balaban J connectivity index is 0.00000196. The summed E-state index contributed by atoms with van der Waals surface area (Å²) in [7, 11) is 0. The van der Waals surface area contributed by atoms with E-state index in [4.69, 9.17) is 10.5 Å². The largest absolute Gasteiger partial charge is 0.462 e. The van der Waals surface area contributed by atoms with E-state index in [1.807, 2.05) is 30.3 Å². The lowest BCUT2D eigenvalue weighted by Crippen LogP contribution is -2.25. The van der Waals surface area contributed by atoms with Crippen LogP contribution in [-0.2, 0) is 9.53 Å². The van der Waals surface area contributed by atoms with Gasteiger partial charge in [-0.15, -0.1) is 12.4 Å². The van der Waals surface area contributed by atoms with E-state index in [2.05, 4.69) is 0 Å². The van der Waals surface area contributed by atoms with E-state index < -0.39 is 6.04 Å². The van der Waals surface area contributed by atoms with Crippen molar-refractivity contribution in [3.8, 4) is 0 Å². The van der Waals surface area contributed by atoms with Gasteiger partial charge in [-0.25, -0.2) is 4.79 Å². The minimum Gasteiger partial charge on any atom is -0.462 e. The molecule has 1 rings (SSSR count). The lowest BCUT2D eigenvalue weighted by atomic mass is 10.1. The third-order valence-electron chi connectivity index (χ3n) is 1.76. The fraction of sp³-hybridized carbons (Fsp3) is 0.364. The van der Waals surface area contributed by atoms with Crippen LogP contribution in [0.15, 0.2) is 30.3 Å². The molecule has 84 valence electrons. The molecule has 0 radical (unpaired) electrons. The molecule has 1 aromatic carbocycles. The van der Waals surface area contributed by atoms with E-state index in [1.165, 1.54) is 0 Å². The number of hydrogen-bond donors (Lipinski definition) is 1. The number of ether oxygens (including phenoxy) is 1. The zero-order chi connectivity index (χ0) is 10.6. The molecule has 0 aliphatic carbocycles. The lowest BCUT2D eigenvalue weighted by Gasteiger charge is -2.13. The highest BCUT2D eigenvalue weighted by molar-refractivity contribution is 5.85. The summed E-state index contributed by atoms with van der Waals surface area (Å²) in [5.74, 6) is -0.383.